The van der Waals surface area contributed by atoms with Gasteiger partial charge in [-0.3, -0.25) is 4.79 Å². The molecule has 0 aliphatic heterocycles. The molecular weight excluding hydrogens is 278 g/mol. The van der Waals surface area contributed by atoms with Gasteiger partial charge in [0, 0.05) is 10.9 Å². The molecule has 3 heterocycles. The third kappa shape index (κ3) is 2.91. The zero-order valence-corrected chi connectivity index (χ0v) is 11.2. The molecule has 0 fully saturated rings. The molecule has 0 bridgehead atoms. The summed E-state index contributed by atoms with van der Waals surface area (Å²) >= 11 is 1.60. The number of nitrogens with one attached hydrogen (secondary N) is 1. The third-order valence-electron chi connectivity index (χ3n) is 2.53. The van der Waals surface area contributed by atoms with Crippen LogP contribution in [0.3, 0.4) is 0 Å². The van der Waals surface area contributed by atoms with Crippen molar-refractivity contribution in [3.8, 4) is 5.88 Å². The number of thiophene rings is 1. The van der Waals surface area contributed by atoms with Gasteiger partial charge in [0.25, 0.3) is 5.91 Å². The lowest BCUT2D eigenvalue weighted by Crippen LogP contribution is -2.28. The van der Waals surface area contributed by atoms with Crippen molar-refractivity contribution in [2.45, 2.75) is 6.54 Å². The predicted octanol–water partition coefficient (Wildman–Crippen LogP) is 0.881. The van der Waals surface area contributed by atoms with Gasteiger partial charge < -0.3 is 10.1 Å². The van der Waals surface area contributed by atoms with Gasteiger partial charge in [-0.15, -0.1) is 26.6 Å². The summed E-state index contributed by atoms with van der Waals surface area (Å²) in [5.41, 5.74) is 0.625. The van der Waals surface area contributed by atoms with Gasteiger partial charge in [-0.1, -0.05) is 6.07 Å². The fraction of sp³-hybridized carbons (Fsp3) is 0.167. The van der Waals surface area contributed by atoms with E-state index in [-0.39, 0.29) is 12.5 Å². The number of fused-ring (bicyclic) bond motifs is 1. The SMILES string of the molecule is O=C(COc1ccc2nncn2n1)NCc1cccs1. The highest BCUT2D eigenvalue weighted by molar-refractivity contribution is 7.09. The summed E-state index contributed by atoms with van der Waals surface area (Å²) in [6, 6.07) is 7.28. The molecule has 1 amide bonds. The van der Waals surface area contributed by atoms with Gasteiger partial charge in [0.05, 0.1) is 6.54 Å². The first-order chi connectivity index (χ1) is 9.81. The molecule has 0 aromatic carbocycles. The first-order valence-corrected chi connectivity index (χ1v) is 6.78. The molecule has 3 aromatic heterocycles. The second-order valence-corrected chi connectivity index (χ2v) is 4.98. The van der Waals surface area contributed by atoms with Gasteiger partial charge in [-0.2, -0.15) is 4.52 Å². The Kier molecular flexibility index (Phi) is 3.55. The fourth-order valence-corrected chi connectivity index (χ4v) is 2.22. The molecule has 0 spiro atoms. The number of carbonyl (C=O) groups excluding carboxylic acids is 1. The molecule has 0 atom stereocenters. The summed E-state index contributed by atoms with van der Waals surface area (Å²) in [5.74, 6) is 0.160. The van der Waals surface area contributed by atoms with Gasteiger partial charge in [0.1, 0.15) is 6.33 Å². The van der Waals surface area contributed by atoms with E-state index in [1.54, 1.807) is 23.5 Å². The summed E-state index contributed by atoms with van der Waals surface area (Å²) in [5, 5.41) is 16.4. The normalized spacial score (nSPS) is 10.6. The lowest BCUT2D eigenvalue weighted by Gasteiger charge is -2.05. The summed E-state index contributed by atoms with van der Waals surface area (Å²) in [6.45, 7) is 0.434. The molecule has 3 aromatic rings. The smallest absolute Gasteiger partial charge is 0.258 e. The van der Waals surface area contributed by atoms with Gasteiger partial charge in [0.2, 0.25) is 5.88 Å². The van der Waals surface area contributed by atoms with Gasteiger partial charge in [-0.05, 0) is 17.5 Å². The first kappa shape index (κ1) is 12.5. The van der Waals surface area contributed by atoms with Gasteiger partial charge in [-0.25, -0.2) is 0 Å². The Morgan fingerprint density at radius 1 is 1.40 bits per heavy atom. The summed E-state index contributed by atoms with van der Waals surface area (Å²) in [7, 11) is 0. The lowest BCUT2D eigenvalue weighted by molar-refractivity contribution is -0.123. The summed E-state index contributed by atoms with van der Waals surface area (Å²) in [4.78, 5) is 12.7. The van der Waals surface area contributed by atoms with Crippen LogP contribution in [0.1, 0.15) is 4.88 Å². The number of carbonyl (C=O) groups is 1. The van der Waals surface area contributed by atoms with Crippen LogP contribution in [0.15, 0.2) is 36.0 Å². The standard InChI is InChI=1S/C12H11N5O2S/c18-11(13-6-9-2-1-5-20-9)7-19-12-4-3-10-15-14-8-17(10)16-12/h1-5,8H,6-7H2,(H,13,18). The zero-order chi connectivity index (χ0) is 13.8. The molecule has 0 unspecified atom stereocenters. The van der Waals surface area contributed by atoms with Crippen LogP contribution in [0, 0.1) is 0 Å². The van der Waals surface area contributed by atoms with E-state index in [1.165, 1.54) is 10.8 Å². The van der Waals surface area contributed by atoms with Crippen LogP contribution in [0.2, 0.25) is 0 Å². The Labute approximate surface area is 118 Å². The second-order valence-electron chi connectivity index (χ2n) is 3.95. The molecule has 0 saturated carbocycles. The lowest BCUT2D eigenvalue weighted by atomic mass is 10.4. The highest BCUT2D eigenvalue weighted by Crippen LogP contribution is 2.08. The topological polar surface area (TPSA) is 81.4 Å². The van der Waals surface area contributed by atoms with E-state index in [2.05, 4.69) is 20.6 Å². The van der Waals surface area contributed by atoms with E-state index < -0.39 is 0 Å². The van der Waals surface area contributed by atoms with E-state index in [0.717, 1.165) is 4.88 Å². The van der Waals surface area contributed by atoms with Crippen molar-refractivity contribution in [1.29, 1.82) is 0 Å². The number of amides is 1. The Morgan fingerprint density at radius 3 is 3.20 bits per heavy atom. The minimum absolute atomic E-state index is 0.0774. The van der Waals surface area contributed by atoms with Crippen molar-refractivity contribution in [3.63, 3.8) is 0 Å². The molecule has 0 radical (unpaired) electrons. The third-order valence-corrected chi connectivity index (χ3v) is 3.40. The number of nitrogens with zero attached hydrogens (tertiary/aromatic N) is 4. The van der Waals surface area contributed by atoms with Crippen molar-refractivity contribution < 1.29 is 9.53 Å². The Morgan fingerprint density at radius 2 is 2.35 bits per heavy atom. The van der Waals surface area contributed by atoms with E-state index in [9.17, 15) is 4.79 Å². The highest BCUT2D eigenvalue weighted by Gasteiger charge is 2.05. The number of rotatable bonds is 5. The van der Waals surface area contributed by atoms with E-state index >= 15 is 0 Å². The molecule has 102 valence electrons. The minimum atomic E-state index is -0.191. The molecule has 3 rings (SSSR count). The Bertz CT molecular complexity index is 710. The molecule has 8 heteroatoms. The van der Waals surface area contributed by atoms with Crippen LogP contribution >= 0.6 is 11.3 Å². The quantitative estimate of drug-likeness (QED) is 0.754. The summed E-state index contributed by atoms with van der Waals surface area (Å²) < 4.78 is 6.80. The maximum absolute atomic E-state index is 11.6. The number of hydrogen-bond acceptors (Lipinski definition) is 6. The van der Waals surface area contributed by atoms with Crippen LogP contribution < -0.4 is 10.1 Å². The summed E-state index contributed by atoms with van der Waals surface area (Å²) in [6.07, 6.45) is 1.47. The van der Waals surface area contributed by atoms with E-state index in [0.29, 0.717) is 18.1 Å². The number of hydrogen-bond donors (Lipinski definition) is 1. The van der Waals surface area contributed by atoms with Crippen LogP contribution in [0.25, 0.3) is 5.65 Å². The molecule has 0 aliphatic rings. The van der Waals surface area contributed by atoms with Crippen molar-refractivity contribution in [1.82, 2.24) is 25.1 Å². The molecule has 0 aliphatic carbocycles. The van der Waals surface area contributed by atoms with E-state index in [1.807, 2.05) is 17.5 Å². The number of aromatic nitrogens is 4. The monoisotopic (exact) mass is 289 g/mol. The fourth-order valence-electron chi connectivity index (χ4n) is 1.58. The Hall–Kier alpha value is -2.48. The average Bonchev–Trinajstić information content (AvgIpc) is 3.13. The van der Waals surface area contributed by atoms with Crippen molar-refractivity contribution in [3.05, 3.63) is 40.8 Å². The van der Waals surface area contributed by atoms with Crippen molar-refractivity contribution in [2.24, 2.45) is 0 Å². The predicted molar refractivity (Wildman–Crippen MR) is 72.4 cm³/mol. The molecule has 1 N–H and O–H groups in total. The maximum Gasteiger partial charge on any atom is 0.258 e. The largest absolute Gasteiger partial charge is 0.467 e. The molecular formula is C12H11N5O2S. The van der Waals surface area contributed by atoms with Crippen LogP contribution in [0.5, 0.6) is 5.88 Å². The first-order valence-electron chi connectivity index (χ1n) is 5.90. The van der Waals surface area contributed by atoms with Crippen molar-refractivity contribution >= 4 is 22.9 Å². The molecule has 7 nitrogen and oxygen atoms in total. The van der Waals surface area contributed by atoms with Gasteiger partial charge in [0.15, 0.2) is 12.3 Å². The zero-order valence-electron chi connectivity index (χ0n) is 10.4. The second kappa shape index (κ2) is 5.66. The average molecular weight is 289 g/mol. The molecule has 0 saturated heterocycles. The highest BCUT2D eigenvalue weighted by atomic mass is 32.1. The maximum atomic E-state index is 11.6. The van der Waals surface area contributed by atoms with Crippen LogP contribution in [0.4, 0.5) is 0 Å². The Balaban J connectivity index is 1.51. The van der Waals surface area contributed by atoms with Gasteiger partial charge >= 0.3 is 0 Å². The van der Waals surface area contributed by atoms with Crippen LogP contribution in [-0.2, 0) is 11.3 Å². The molecule has 20 heavy (non-hydrogen) atoms. The van der Waals surface area contributed by atoms with Crippen LogP contribution in [-0.4, -0.2) is 32.3 Å². The minimum Gasteiger partial charge on any atom is -0.467 e. The number of ether oxygens (including phenoxy) is 1. The van der Waals surface area contributed by atoms with E-state index in [4.69, 9.17) is 4.74 Å². The van der Waals surface area contributed by atoms with Crippen molar-refractivity contribution in [2.75, 3.05) is 6.61 Å².